The zero-order valence-electron chi connectivity index (χ0n) is 12.5. The first-order valence-electron chi connectivity index (χ1n) is 7.42. The van der Waals surface area contributed by atoms with Crippen LogP contribution in [0.5, 0.6) is 0 Å². The van der Waals surface area contributed by atoms with Gasteiger partial charge in [0, 0.05) is 44.7 Å². The maximum atomic E-state index is 12.1. The molecule has 114 valence electrons. The summed E-state index contributed by atoms with van der Waals surface area (Å²) in [5, 5.41) is 0. The number of hydrogen-bond donors (Lipinski definition) is 1. The molecule has 0 bridgehead atoms. The first kappa shape index (κ1) is 15.7. The van der Waals surface area contributed by atoms with Crippen molar-refractivity contribution in [3.63, 3.8) is 0 Å². The van der Waals surface area contributed by atoms with Gasteiger partial charge in [-0.05, 0) is 6.92 Å². The van der Waals surface area contributed by atoms with E-state index in [1.54, 1.807) is 0 Å². The lowest BCUT2D eigenvalue weighted by Gasteiger charge is -2.36. The number of amides is 1. The molecule has 0 unspecified atom stereocenters. The Labute approximate surface area is 125 Å². The van der Waals surface area contributed by atoms with E-state index in [1.807, 2.05) is 37.3 Å². The monoisotopic (exact) mass is 289 g/mol. The van der Waals surface area contributed by atoms with Crippen LogP contribution in [-0.2, 0) is 4.79 Å². The Kier molecular flexibility index (Phi) is 5.47. The molecule has 2 N–H and O–H groups in total. The van der Waals surface area contributed by atoms with E-state index in [0.717, 1.165) is 38.3 Å². The maximum absolute atomic E-state index is 12.1. The van der Waals surface area contributed by atoms with Crippen LogP contribution in [0.3, 0.4) is 0 Å². The highest BCUT2D eigenvalue weighted by molar-refractivity contribution is 5.96. The van der Waals surface area contributed by atoms with Gasteiger partial charge in [-0.15, -0.1) is 0 Å². The fourth-order valence-electron chi connectivity index (χ4n) is 2.58. The number of rotatable bonds is 6. The van der Waals surface area contributed by atoms with Crippen LogP contribution >= 0.6 is 0 Å². The van der Waals surface area contributed by atoms with Crippen molar-refractivity contribution in [3.8, 4) is 0 Å². The highest BCUT2D eigenvalue weighted by Gasteiger charge is 2.24. The number of piperazine rings is 1. The Morgan fingerprint density at radius 1 is 1.14 bits per heavy atom. The fourth-order valence-corrected chi connectivity index (χ4v) is 2.58. The lowest BCUT2D eigenvalue weighted by molar-refractivity contribution is -0.123. The minimum absolute atomic E-state index is 0.184. The largest absolute Gasteiger partial charge is 0.368 e. The van der Waals surface area contributed by atoms with Gasteiger partial charge in [-0.25, -0.2) is 0 Å². The lowest BCUT2D eigenvalue weighted by atomic mass is 10.1. The summed E-state index contributed by atoms with van der Waals surface area (Å²) in [6, 6.07) is 9.19. The summed E-state index contributed by atoms with van der Waals surface area (Å²) in [4.78, 5) is 27.6. The molecular weight excluding hydrogens is 266 g/mol. The molecule has 0 aromatic heterocycles. The van der Waals surface area contributed by atoms with E-state index in [1.165, 1.54) is 0 Å². The predicted octanol–water partition coefficient (Wildman–Crippen LogP) is 0.751. The second kappa shape index (κ2) is 7.33. The van der Waals surface area contributed by atoms with E-state index in [0.29, 0.717) is 6.42 Å². The van der Waals surface area contributed by atoms with Gasteiger partial charge in [0.05, 0.1) is 6.04 Å². The number of benzene rings is 1. The van der Waals surface area contributed by atoms with Crippen LogP contribution in [0.4, 0.5) is 0 Å². The Morgan fingerprint density at radius 2 is 1.76 bits per heavy atom. The zero-order chi connectivity index (χ0) is 15.2. The third-order valence-corrected chi connectivity index (χ3v) is 4.12. The molecule has 21 heavy (non-hydrogen) atoms. The summed E-state index contributed by atoms with van der Waals surface area (Å²) < 4.78 is 0. The SMILES string of the molecule is C[C@@H](C(N)=O)N1CCN(CCC(=O)c2ccccc2)CC1. The first-order valence-corrected chi connectivity index (χ1v) is 7.42. The summed E-state index contributed by atoms with van der Waals surface area (Å²) in [7, 11) is 0. The van der Waals surface area contributed by atoms with Gasteiger partial charge in [0.1, 0.15) is 0 Å². The standard InChI is InChI=1S/C16H23N3O2/c1-13(16(17)21)19-11-9-18(10-12-19)8-7-15(20)14-5-3-2-4-6-14/h2-6,13H,7-12H2,1H3,(H2,17,21)/t13-/m0/s1. The molecule has 1 amide bonds. The van der Waals surface area contributed by atoms with Gasteiger partial charge < -0.3 is 10.6 Å². The molecule has 1 aliphatic heterocycles. The minimum Gasteiger partial charge on any atom is -0.368 e. The molecule has 1 heterocycles. The van der Waals surface area contributed by atoms with Gasteiger partial charge in [-0.2, -0.15) is 0 Å². The quantitative estimate of drug-likeness (QED) is 0.785. The Bertz CT molecular complexity index is 482. The second-order valence-electron chi connectivity index (χ2n) is 5.50. The molecule has 0 spiro atoms. The third-order valence-electron chi connectivity index (χ3n) is 4.12. The molecule has 1 fully saturated rings. The van der Waals surface area contributed by atoms with Gasteiger partial charge in [0.2, 0.25) is 5.91 Å². The van der Waals surface area contributed by atoms with Crippen molar-refractivity contribution in [3.05, 3.63) is 35.9 Å². The normalized spacial score (nSPS) is 18.3. The van der Waals surface area contributed by atoms with E-state index in [9.17, 15) is 9.59 Å². The van der Waals surface area contributed by atoms with Gasteiger partial charge in [0.15, 0.2) is 5.78 Å². The molecule has 5 heteroatoms. The van der Waals surface area contributed by atoms with Crippen molar-refractivity contribution < 1.29 is 9.59 Å². The van der Waals surface area contributed by atoms with Crippen molar-refractivity contribution in [1.29, 1.82) is 0 Å². The number of Topliss-reactive ketones (excluding diaryl/α,β-unsaturated/α-hetero) is 1. The van der Waals surface area contributed by atoms with E-state index < -0.39 is 0 Å². The number of nitrogens with zero attached hydrogens (tertiary/aromatic N) is 2. The Morgan fingerprint density at radius 3 is 2.33 bits per heavy atom. The number of hydrogen-bond acceptors (Lipinski definition) is 4. The van der Waals surface area contributed by atoms with E-state index >= 15 is 0 Å². The highest BCUT2D eigenvalue weighted by Crippen LogP contribution is 2.08. The number of carbonyl (C=O) groups is 2. The molecule has 1 aromatic rings. The first-order chi connectivity index (χ1) is 10.1. The number of carbonyl (C=O) groups excluding carboxylic acids is 2. The molecule has 0 radical (unpaired) electrons. The average molecular weight is 289 g/mol. The molecule has 1 saturated heterocycles. The van der Waals surface area contributed by atoms with Crippen molar-refractivity contribution >= 4 is 11.7 Å². The number of ketones is 1. The smallest absolute Gasteiger partial charge is 0.234 e. The molecule has 0 aliphatic carbocycles. The van der Waals surface area contributed by atoms with Gasteiger partial charge in [-0.1, -0.05) is 30.3 Å². The average Bonchev–Trinajstić information content (AvgIpc) is 2.53. The highest BCUT2D eigenvalue weighted by atomic mass is 16.1. The number of nitrogens with two attached hydrogens (primary N) is 1. The van der Waals surface area contributed by atoms with E-state index in [-0.39, 0.29) is 17.7 Å². The summed E-state index contributed by atoms with van der Waals surface area (Å²) in [6.45, 7) is 6.01. The molecule has 0 saturated carbocycles. The Hall–Kier alpha value is -1.72. The van der Waals surface area contributed by atoms with Crippen molar-refractivity contribution in [2.24, 2.45) is 5.73 Å². The van der Waals surface area contributed by atoms with E-state index in [4.69, 9.17) is 5.73 Å². The molecule has 1 atom stereocenters. The topological polar surface area (TPSA) is 66.6 Å². The fraction of sp³-hybridized carbons (Fsp3) is 0.500. The molecule has 1 aromatic carbocycles. The Balaban J connectivity index is 1.74. The van der Waals surface area contributed by atoms with E-state index in [2.05, 4.69) is 9.80 Å². The van der Waals surface area contributed by atoms with Crippen LogP contribution in [0.1, 0.15) is 23.7 Å². The molecular formula is C16H23N3O2. The predicted molar refractivity (Wildman–Crippen MR) is 82.1 cm³/mol. The molecule has 1 aliphatic rings. The summed E-state index contributed by atoms with van der Waals surface area (Å²) in [6.07, 6.45) is 0.537. The van der Waals surface area contributed by atoms with Crippen LogP contribution in [-0.4, -0.2) is 60.3 Å². The third kappa shape index (κ3) is 4.37. The summed E-state index contributed by atoms with van der Waals surface area (Å²) in [5.74, 6) is -0.0914. The maximum Gasteiger partial charge on any atom is 0.234 e. The van der Waals surface area contributed by atoms with Gasteiger partial charge in [0.25, 0.3) is 0 Å². The summed E-state index contributed by atoms with van der Waals surface area (Å²) >= 11 is 0. The van der Waals surface area contributed by atoms with Crippen LogP contribution in [0.2, 0.25) is 0 Å². The number of primary amides is 1. The van der Waals surface area contributed by atoms with Crippen LogP contribution in [0.15, 0.2) is 30.3 Å². The van der Waals surface area contributed by atoms with Crippen LogP contribution in [0.25, 0.3) is 0 Å². The zero-order valence-corrected chi connectivity index (χ0v) is 12.5. The van der Waals surface area contributed by atoms with Crippen LogP contribution < -0.4 is 5.73 Å². The van der Waals surface area contributed by atoms with Crippen molar-refractivity contribution in [2.75, 3.05) is 32.7 Å². The van der Waals surface area contributed by atoms with Crippen molar-refractivity contribution in [2.45, 2.75) is 19.4 Å². The van der Waals surface area contributed by atoms with Crippen molar-refractivity contribution in [1.82, 2.24) is 9.80 Å². The van der Waals surface area contributed by atoms with Gasteiger partial charge in [-0.3, -0.25) is 14.5 Å². The second-order valence-corrected chi connectivity index (χ2v) is 5.50. The molecule has 5 nitrogen and oxygen atoms in total. The van der Waals surface area contributed by atoms with Gasteiger partial charge >= 0.3 is 0 Å². The lowest BCUT2D eigenvalue weighted by Crippen LogP contribution is -2.53. The van der Waals surface area contributed by atoms with Crippen LogP contribution in [0, 0.1) is 0 Å². The minimum atomic E-state index is -0.275. The summed E-state index contributed by atoms with van der Waals surface area (Å²) in [5.41, 5.74) is 6.10. The molecule has 2 rings (SSSR count).